The monoisotopic (exact) mass is 330 g/mol. The van der Waals surface area contributed by atoms with Crippen LogP contribution < -0.4 is 5.32 Å². The van der Waals surface area contributed by atoms with Crippen molar-refractivity contribution in [2.45, 2.75) is 17.8 Å². The molecule has 0 saturated carbocycles. The summed E-state index contributed by atoms with van der Waals surface area (Å²) >= 11 is 1.27. The summed E-state index contributed by atoms with van der Waals surface area (Å²) in [5.74, 6) is -1.87. The number of carbonyl (C=O) groups excluding carboxylic acids is 2. The zero-order valence-electron chi connectivity index (χ0n) is 12.1. The van der Waals surface area contributed by atoms with Gasteiger partial charge < -0.3 is 10.4 Å². The Kier molecular flexibility index (Phi) is 3.96. The number of allylic oxidation sites excluding steroid dienone is 1. The van der Waals surface area contributed by atoms with E-state index in [0.29, 0.717) is 4.91 Å². The smallest absolute Gasteiger partial charge is 0.352 e. The molecule has 0 bridgehead atoms. The normalized spacial score (nSPS) is 22.8. The van der Waals surface area contributed by atoms with Crippen LogP contribution >= 0.6 is 11.8 Å². The molecular weight excluding hydrogens is 316 g/mol. The zero-order valence-corrected chi connectivity index (χ0v) is 12.9. The molecular formula is C16H14N2O4S. The van der Waals surface area contributed by atoms with Crippen molar-refractivity contribution in [3.63, 3.8) is 0 Å². The van der Waals surface area contributed by atoms with Crippen molar-refractivity contribution in [2.75, 3.05) is 0 Å². The first-order valence-electron chi connectivity index (χ1n) is 6.94. The standard InChI is InChI=1S/C16H14N2O4S/c1-9-7-11(16(21)22)18-14(20)13(15(18)23-9)17-12(19)8-10-5-3-2-4-6-10/h2-7,13,15H,1,8H2,(H,17,19)(H,21,22)/t13?,15-/m0/s1. The number of carbonyl (C=O) groups is 3. The number of carboxylic acids is 1. The Balaban J connectivity index is 1.68. The van der Waals surface area contributed by atoms with E-state index in [4.69, 9.17) is 5.11 Å². The van der Waals surface area contributed by atoms with Crippen LogP contribution in [-0.2, 0) is 20.8 Å². The van der Waals surface area contributed by atoms with Crippen LogP contribution in [0.1, 0.15) is 5.56 Å². The molecule has 0 radical (unpaired) electrons. The first-order valence-corrected chi connectivity index (χ1v) is 7.82. The molecule has 7 heteroatoms. The molecule has 2 heterocycles. The van der Waals surface area contributed by atoms with Crippen molar-refractivity contribution < 1.29 is 19.5 Å². The van der Waals surface area contributed by atoms with Gasteiger partial charge in [0.25, 0.3) is 5.91 Å². The molecule has 0 aromatic heterocycles. The molecule has 23 heavy (non-hydrogen) atoms. The highest BCUT2D eigenvalue weighted by Gasteiger charge is 2.53. The molecule has 0 spiro atoms. The summed E-state index contributed by atoms with van der Waals surface area (Å²) in [7, 11) is 0. The second-order valence-electron chi connectivity index (χ2n) is 5.23. The fraction of sp³-hybridized carbons (Fsp3) is 0.188. The number of aliphatic carboxylic acids is 1. The average Bonchev–Trinajstić information content (AvgIpc) is 2.52. The lowest BCUT2D eigenvalue weighted by Gasteiger charge is -2.48. The molecule has 1 aromatic carbocycles. The number of benzene rings is 1. The third kappa shape index (κ3) is 2.87. The Labute approximate surface area is 136 Å². The first kappa shape index (κ1) is 15.4. The number of nitrogens with zero attached hydrogens (tertiary/aromatic N) is 1. The van der Waals surface area contributed by atoms with Gasteiger partial charge in [-0.3, -0.25) is 14.5 Å². The minimum absolute atomic E-state index is 0.0997. The Morgan fingerprint density at radius 3 is 2.65 bits per heavy atom. The summed E-state index contributed by atoms with van der Waals surface area (Å²) in [6, 6.07) is 8.47. The second-order valence-corrected chi connectivity index (χ2v) is 6.47. The molecule has 1 unspecified atom stereocenters. The molecule has 2 amide bonds. The van der Waals surface area contributed by atoms with Gasteiger partial charge in [-0.1, -0.05) is 48.7 Å². The average molecular weight is 330 g/mol. The van der Waals surface area contributed by atoms with Crippen molar-refractivity contribution in [2.24, 2.45) is 0 Å². The number of fused-ring (bicyclic) bond motifs is 1. The van der Waals surface area contributed by atoms with Gasteiger partial charge in [-0.15, -0.1) is 0 Å². The molecule has 2 N–H and O–H groups in total. The van der Waals surface area contributed by atoms with Gasteiger partial charge in [0, 0.05) is 4.91 Å². The number of carboxylic acid groups (broad SMARTS) is 1. The molecule has 2 atom stereocenters. The van der Waals surface area contributed by atoms with Crippen LogP contribution in [0.25, 0.3) is 0 Å². The van der Waals surface area contributed by atoms with E-state index in [1.165, 1.54) is 22.7 Å². The van der Waals surface area contributed by atoms with E-state index in [9.17, 15) is 14.4 Å². The van der Waals surface area contributed by atoms with Gasteiger partial charge in [0.15, 0.2) is 0 Å². The van der Waals surface area contributed by atoms with Gasteiger partial charge in [-0.2, -0.15) is 0 Å². The maximum absolute atomic E-state index is 12.2. The molecule has 3 rings (SSSR count). The molecule has 2 aliphatic heterocycles. The number of hydrogen-bond donors (Lipinski definition) is 2. The molecule has 2 aliphatic rings. The van der Waals surface area contributed by atoms with Gasteiger partial charge >= 0.3 is 5.97 Å². The molecule has 6 nitrogen and oxygen atoms in total. The van der Waals surface area contributed by atoms with Gasteiger partial charge in [0.1, 0.15) is 17.1 Å². The van der Waals surface area contributed by atoms with Crippen LogP contribution in [0.4, 0.5) is 0 Å². The Morgan fingerprint density at radius 1 is 1.30 bits per heavy atom. The number of β-lactam (4-membered cyclic amide) rings is 1. The van der Waals surface area contributed by atoms with Crippen LogP contribution in [0.15, 0.2) is 53.6 Å². The topological polar surface area (TPSA) is 86.7 Å². The Morgan fingerprint density at radius 2 is 2.00 bits per heavy atom. The molecule has 1 aromatic rings. The van der Waals surface area contributed by atoms with E-state index in [0.717, 1.165) is 5.56 Å². The van der Waals surface area contributed by atoms with Gasteiger partial charge in [-0.05, 0) is 11.6 Å². The summed E-state index contributed by atoms with van der Waals surface area (Å²) in [5.41, 5.74) is 0.748. The fourth-order valence-electron chi connectivity index (χ4n) is 2.56. The summed E-state index contributed by atoms with van der Waals surface area (Å²) in [4.78, 5) is 37.2. The van der Waals surface area contributed by atoms with Gasteiger partial charge in [-0.25, -0.2) is 4.79 Å². The third-order valence-electron chi connectivity index (χ3n) is 3.62. The van der Waals surface area contributed by atoms with Crippen molar-refractivity contribution in [1.82, 2.24) is 10.2 Å². The first-order chi connectivity index (χ1) is 11.0. The lowest BCUT2D eigenvalue weighted by atomic mass is 10.0. The van der Waals surface area contributed by atoms with E-state index < -0.39 is 23.3 Å². The predicted octanol–water partition coefficient (Wildman–Crippen LogP) is 1.11. The van der Waals surface area contributed by atoms with Crippen molar-refractivity contribution in [1.29, 1.82) is 0 Å². The largest absolute Gasteiger partial charge is 0.477 e. The van der Waals surface area contributed by atoms with Crippen LogP contribution in [0.5, 0.6) is 0 Å². The Bertz CT molecular complexity index is 729. The van der Waals surface area contributed by atoms with Crippen LogP contribution in [0.3, 0.4) is 0 Å². The number of rotatable bonds is 4. The van der Waals surface area contributed by atoms with Gasteiger partial charge in [0.05, 0.1) is 6.42 Å². The van der Waals surface area contributed by atoms with E-state index >= 15 is 0 Å². The lowest BCUT2D eigenvalue weighted by molar-refractivity contribution is -0.150. The van der Waals surface area contributed by atoms with Crippen molar-refractivity contribution >= 4 is 29.5 Å². The van der Waals surface area contributed by atoms with E-state index in [-0.39, 0.29) is 18.0 Å². The number of thioether (sulfide) groups is 1. The van der Waals surface area contributed by atoms with Gasteiger partial charge in [0.2, 0.25) is 5.91 Å². The van der Waals surface area contributed by atoms with E-state index in [1.807, 2.05) is 30.3 Å². The minimum atomic E-state index is -1.18. The fourth-order valence-corrected chi connectivity index (χ4v) is 3.69. The summed E-state index contributed by atoms with van der Waals surface area (Å²) in [6.07, 6.45) is 1.54. The highest BCUT2D eigenvalue weighted by Crippen LogP contribution is 2.42. The SMILES string of the molecule is C=C1C=C(C(=O)O)N2C(=O)C(NC(=O)Cc3ccccc3)[C@@H]2S1. The summed E-state index contributed by atoms with van der Waals surface area (Å²) in [6.45, 7) is 3.74. The van der Waals surface area contributed by atoms with E-state index in [1.54, 1.807) is 0 Å². The zero-order chi connectivity index (χ0) is 16.6. The predicted molar refractivity (Wildman–Crippen MR) is 85.2 cm³/mol. The number of amides is 2. The molecule has 118 valence electrons. The van der Waals surface area contributed by atoms with Crippen LogP contribution in [0, 0.1) is 0 Å². The van der Waals surface area contributed by atoms with Crippen molar-refractivity contribution in [3.05, 3.63) is 59.2 Å². The maximum atomic E-state index is 12.2. The molecule has 1 saturated heterocycles. The van der Waals surface area contributed by atoms with E-state index in [2.05, 4.69) is 11.9 Å². The maximum Gasteiger partial charge on any atom is 0.352 e. The Hall–Kier alpha value is -2.54. The summed E-state index contributed by atoms with van der Waals surface area (Å²) in [5, 5.41) is 11.4. The minimum Gasteiger partial charge on any atom is -0.477 e. The van der Waals surface area contributed by atoms with Crippen LogP contribution in [-0.4, -0.2) is 39.2 Å². The number of hydrogen-bond acceptors (Lipinski definition) is 4. The van der Waals surface area contributed by atoms with Crippen LogP contribution in [0.2, 0.25) is 0 Å². The van der Waals surface area contributed by atoms with Crippen molar-refractivity contribution in [3.8, 4) is 0 Å². The number of nitrogens with one attached hydrogen (secondary N) is 1. The summed E-state index contributed by atoms with van der Waals surface area (Å²) < 4.78 is 0. The molecule has 1 fully saturated rings. The highest BCUT2D eigenvalue weighted by molar-refractivity contribution is 8.04. The second kappa shape index (κ2) is 5.92. The highest BCUT2D eigenvalue weighted by atomic mass is 32.2. The third-order valence-corrected chi connectivity index (χ3v) is 4.76. The quantitative estimate of drug-likeness (QED) is 0.808. The lowest BCUT2D eigenvalue weighted by Crippen LogP contribution is -2.70. The molecule has 0 aliphatic carbocycles.